The third-order valence-electron chi connectivity index (χ3n) is 2.43. The average molecular weight is 226 g/mol. The summed E-state index contributed by atoms with van der Waals surface area (Å²) in [6, 6.07) is 0.470. The molecule has 0 fully saturated rings. The molecule has 15 heavy (non-hydrogen) atoms. The Morgan fingerprint density at radius 3 is 2.87 bits per heavy atom. The quantitative estimate of drug-likeness (QED) is 0.827. The minimum atomic E-state index is 0.470. The van der Waals surface area contributed by atoms with E-state index in [4.69, 9.17) is 5.73 Å². The van der Waals surface area contributed by atoms with Crippen molar-refractivity contribution in [2.75, 3.05) is 29.7 Å². The fourth-order valence-corrected chi connectivity index (χ4v) is 2.34. The van der Waals surface area contributed by atoms with Crippen molar-refractivity contribution in [1.29, 1.82) is 0 Å². The van der Waals surface area contributed by atoms with Crippen LogP contribution in [0.5, 0.6) is 0 Å². The van der Waals surface area contributed by atoms with Crippen LogP contribution in [-0.2, 0) is 0 Å². The lowest BCUT2D eigenvalue weighted by molar-refractivity contribution is 0.666. The fraction of sp³-hybridized carbons (Fsp3) is 0.600. The number of anilines is 2. The molecule has 0 saturated heterocycles. The van der Waals surface area contributed by atoms with Gasteiger partial charge in [-0.1, -0.05) is 6.92 Å². The lowest BCUT2D eigenvalue weighted by Crippen LogP contribution is -2.34. The van der Waals surface area contributed by atoms with Gasteiger partial charge in [-0.25, -0.2) is 9.97 Å². The molecular weight excluding hydrogens is 208 g/mol. The van der Waals surface area contributed by atoms with E-state index in [0.29, 0.717) is 11.7 Å². The van der Waals surface area contributed by atoms with E-state index in [-0.39, 0.29) is 0 Å². The van der Waals surface area contributed by atoms with Gasteiger partial charge in [0.2, 0.25) is 0 Å². The summed E-state index contributed by atoms with van der Waals surface area (Å²) < 4.78 is 0. The van der Waals surface area contributed by atoms with Crippen LogP contribution in [0.25, 0.3) is 0 Å². The molecule has 84 valence electrons. The van der Waals surface area contributed by atoms with Gasteiger partial charge in [-0.3, -0.25) is 0 Å². The molecule has 0 aliphatic rings. The molecule has 0 bridgehead atoms. The Kier molecular flexibility index (Phi) is 4.68. The molecule has 1 aromatic rings. The molecule has 0 aromatic carbocycles. The second-order valence-electron chi connectivity index (χ2n) is 3.43. The highest BCUT2D eigenvalue weighted by Crippen LogP contribution is 2.21. The maximum absolute atomic E-state index is 5.84. The average Bonchev–Trinajstić information content (AvgIpc) is 2.25. The number of aromatic nitrogens is 2. The van der Waals surface area contributed by atoms with Crippen molar-refractivity contribution in [3.05, 3.63) is 12.5 Å². The minimum absolute atomic E-state index is 0.470. The maximum Gasteiger partial charge on any atom is 0.155 e. The van der Waals surface area contributed by atoms with E-state index in [0.717, 1.165) is 18.0 Å². The van der Waals surface area contributed by atoms with Gasteiger partial charge < -0.3 is 10.6 Å². The summed E-state index contributed by atoms with van der Waals surface area (Å²) in [5.41, 5.74) is 6.48. The molecule has 1 unspecified atom stereocenters. The molecule has 0 aliphatic carbocycles. The van der Waals surface area contributed by atoms with Crippen LogP contribution in [0.2, 0.25) is 0 Å². The molecule has 1 aromatic heterocycles. The number of hydrogen-bond donors (Lipinski definition) is 1. The molecule has 0 saturated carbocycles. The lowest BCUT2D eigenvalue weighted by atomic mass is 10.2. The molecule has 0 spiro atoms. The summed E-state index contributed by atoms with van der Waals surface area (Å²) in [4.78, 5) is 10.2. The topological polar surface area (TPSA) is 55.0 Å². The van der Waals surface area contributed by atoms with Crippen LogP contribution in [0.3, 0.4) is 0 Å². The van der Waals surface area contributed by atoms with E-state index >= 15 is 0 Å². The minimum Gasteiger partial charge on any atom is -0.394 e. The highest BCUT2D eigenvalue weighted by atomic mass is 32.2. The Balaban J connectivity index is 2.82. The van der Waals surface area contributed by atoms with Gasteiger partial charge >= 0.3 is 0 Å². The van der Waals surface area contributed by atoms with Crippen molar-refractivity contribution in [2.45, 2.75) is 19.4 Å². The number of nitrogens with zero attached hydrogens (tertiary/aromatic N) is 3. The van der Waals surface area contributed by atoms with Gasteiger partial charge in [-0.05, 0) is 12.7 Å². The first-order valence-electron chi connectivity index (χ1n) is 4.98. The fourth-order valence-electron chi connectivity index (χ4n) is 1.50. The van der Waals surface area contributed by atoms with Crippen molar-refractivity contribution < 1.29 is 0 Å². The first-order chi connectivity index (χ1) is 7.20. The summed E-state index contributed by atoms with van der Waals surface area (Å²) >= 11 is 1.84. The van der Waals surface area contributed by atoms with Crippen molar-refractivity contribution in [2.24, 2.45) is 0 Å². The molecule has 0 amide bonds. The lowest BCUT2D eigenvalue weighted by Gasteiger charge is -2.28. The third-order valence-corrected chi connectivity index (χ3v) is 3.15. The van der Waals surface area contributed by atoms with E-state index in [9.17, 15) is 0 Å². The Morgan fingerprint density at radius 2 is 2.33 bits per heavy atom. The van der Waals surface area contributed by atoms with E-state index in [2.05, 4.69) is 28.0 Å². The molecule has 1 atom stereocenters. The van der Waals surface area contributed by atoms with Crippen LogP contribution in [0, 0.1) is 0 Å². The van der Waals surface area contributed by atoms with Crippen LogP contribution >= 0.6 is 11.8 Å². The Labute approximate surface area is 95.3 Å². The van der Waals surface area contributed by atoms with Crippen LogP contribution in [-0.4, -0.2) is 35.1 Å². The number of thioether (sulfide) groups is 1. The SMILES string of the molecule is CCC(CSC)N(C)c1ncncc1N. The largest absolute Gasteiger partial charge is 0.394 e. The molecule has 1 rings (SSSR count). The second kappa shape index (κ2) is 5.80. The van der Waals surface area contributed by atoms with Crippen LogP contribution in [0.15, 0.2) is 12.5 Å². The van der Waals surface area contributed by atoms with Gasteiger partial charge in [0.1, 0.15) is 6.33 Å². The molecular formula is C10H18N4S. The van der Waals surface area contributed by atoms with Gasteiger partial charge in [0.25, 0.3) is 0 Å². The van der Waals surface area contributed by atoms with Crippen molar-refractivity contribution in [3.63, 3.8) is 0 Å². The van der Waals surface area contributed by atoms with Crippen molar-refractivity contribution in [1.82, 2.24) is 9.97 Å². The summed E-state index contributed by atoms with van der Waals surface area (Å²) in [5.74, 6) is 1.90. The van der Waals surface area contributed by atoms with E-state index in [1.807, 2.05) is 18.8 Å². The predicted molar refractivity (Wildman–Crippen MR) is 67.3 cm³/mol. The van der Waals surface area contributed by atoms with E-state index in [1.54, 1.807) is 6.20 Å². The first kappa shape index (κ1) is 12.1. The monoisotopic (exact) mass is 226 g/mol. The summed E-state index contributed by atoms with van der Waals surface area (Å²) in [6.07, 6.45) is 6.37. The molecule has 5 heteroatoms. The summed E-state index contributed by atoms with van der Waals surface area (Å²) in [7, 11) is 2.03. The number of hydrogen-bond acceptors (Lipinski definition) is 5. The number of nitrogen functional groups attached to an aromatic ring is 1. The van der Waals surface area contributed by atoms with E-state index in [1.165, 1.54) is 6.33 Å². The third kappa shape index (κ3) is 2.99. The normalized spacial score (nSPS) is 12.5. The maximum atomic E-state index is 5.84. The van der Waals surface area contributed by atoms with Crippen molar-refractivity contribution >= 4 is 23.3 Å². The molecule has 4 nitrogen and oxygen atoms in total. The highest BCUT2D eigenvalue weighted by Gasteiger charge is 2.15. The van der Waals surface area contributed by atoms with Gasteiger partial charge in [0.15, 0.2) is 5.82 Å². The molecule has 2 N–H and O–H groups in total. The molecule has 0 aliphatic heterocycles. The zero-order valence-corrected chi connectivity index (χ0v) is 10.3. The first-order valence-corrected chi connectivity index (χ1v) is 6.37. The molecule has 0 radical (unpaired) electrons. The van der Waals surface area contributed by atoms with Gasteiger partial charge in [-0.2, -0.15) is 11.8 Å². The second-order valence-corrected chi connectivity index (χ2v) is 4.34. The summed E-state index contributed by atoms with van der Waals surface area (Å²) in [5, 5.41) is 0. The summed E-state index contributed by atoms with van der Waals surface area (Å²) in [6.45, 7) is 2.18. The van der Waals surface area contributed by atoms with Crippen LogP contribution < -0.4 is 10.6 Å². The number of rotatable bonds is 5. The van der Waals surface area contributed by atoms with Gasteiger partial charge in [0, 0.05) is 18.8 Å². The predicted octanol–water partition coefficient (Wildman–Crippen LogP) is 1.64. The standard InChI is InChI=1S/C10H18N4S/c1-4-8(6-15-3)14(2)10-9(11)5-12-7-13-10/h5,7-8H,4,6,11H2,1-3H3. The zero-order valence-electron chi connectivity index (χ0n) is 9.47. The van der Waals surface area contributed by atoms with Crippen molar-refractivity contribution in [3.8, 4) is 0 Å². The Bertz CT molecular complexity index is 305. The Morgan fingerprint density at radius 1 is 1.60 bits per heavy atom. The van der Waals surface area contributed by atoms with Gasteiger partial charge in [0.05, 0.1) is 11.9 Å². The zero-order chi connectivity index (χ0) is 11.3. The Hall–Kier alpha value is -0.970. The smallest absolute Gasteiger partial charge is 0.155 e. The van der Waals surface area contributed by atoms with Gasteiger partial charge in [-0.15, -0.1) is 0 Å². The van der Waals surface area contributed by atoms with Crippen LogP contribution in [0.1, 0.15) is 13.3 Å². The number of nitrogens with two attached hydrogens (primary N) is 1. The van der Waals surface area contributed by atoms with E-state index < -0.39 is 0 Å². The van der Waals surface area contributed by atoms with Crippen LogP contribution in [0.4, 0.5) is 11.5 Å². The molecule has 1 heterocycles. The highest BCUT2D eigenvalue weighted by molar-refractivity contribution is 7.98.